The number of benzene rings is 1. The first-order valence-electron chi connectivity index (χ1n) is 10.5. The largest absolute Gasteiger partial charge is 0.507 e. The lowest BCUT2D eigenvalue weighted by molar-refractivity contribution is -0.140. The number of carbonyl (C=O) groups is 2. The second kappa shape index (κ2) is 10.0. The first-order valence-corrected chi connectivity index (χ1v) is 11.7. The van der Waals surface area contributed by atoms with E-state index in [0.717, 1.165) is 30.9 Å². The highest BCUT2D eigenvalue weighted by Gasteiger charge is 2.46. The van der Waals surface area contributed by atoms with Gasteiger partial charge in [-0.2, -0.15) is 0 Å². The summed E-state index contributed by atoms with van der Waals surface area (Å²) in [6.07, 6.45) is 0.725. The molecule has 170 valence electrons. The molecule has 1 aromatic carbocycles. The number of hydrogen-bond acceptors (Lipinski definition) is 7. The number of Topliss-reactive ketones (excluding diaryl/α,β-unsaturated/α-hetero) is 1. The Labute approximate surface area is 195 Å². The third kappa shape index (κ3) is 4.54. The maximum absolute atomic E-state index is 13.0. The van der Waals surface area contributed by atoms with E-state index in [1.807, 2.05) is 17.5 Å². The van der Waals surface area contributed by atoms with E-state index in [-0.39, 0.29) is 11.3 Å². The minimum absolute atomic E-state index is 0.0880. The second-order valence-corrected chi connectivity index (χ2v) is 9.05. The molecule has 2 aromatic rings. The second-order valence-electron chi connectivity index (χ2n) is 7.66. The molecule has 1 aromatic heterocycles. The predicted octanol–water partition coefficient (Wildman–Crippen LogP) is 3.55. The van der Waals surface area contributed by atoms with Crippen molar-refractivity contribution in [3.05, 3.63) is 56.7 Å². The molecule has 0 aliphatic carbocycles. The number of amides is 1. The van der Waals surface area contributed by atoms with Crippen molar-refractivity contribution in [2.75, 3.05) is 46.5 Å². The van der Waals surface area contributed by atoms with Crippen molar-refractivity contribution in [1.29, 1.82) is 0 Å². The summed E-state index contributed by atoms with van der Waals surface area (Å²) in [5.74, 6) is -1.05. The maximum atomic E-state index is 13.0. The molecular formula is C23H25ClN2O5S. The summed E-state index contributed by atoms with van der Waals surface area (Å²) in [7, 11) is 1.50. The third-order valence-corrected chi connectivity index (χ3v) is 6.98. The van der Waals surface area contributed by atoms with Crippen LogP contribution in [0, 0.1) is 0 Å². The van der Waals surface area contributed by atoms with Gasteiger partial charge in [0.1, 0.15) is 11.5 Å². The minimum atomic E-state index is -0.681. The average molecular weight is 477 g/mol. The molecule has 4 rings (SSSR count). The number of nitrogens with zero attached hydrogens (tertiary/aromatic N) is 2. The SMILES string of the molecule is COc1ccc(C(O)=C2C(=O)C(=O)N(CCCN3CCOCC3)[C@@H]2c2cccs2)cc1Cl. The molecule has 2 aliphatic heterocycles. The Morgan fingerprint density at radius 3 is 2.69 bits per heavy atom. The van der Waals surface area contributed by atoms with E-state index in [4.69, 9.17) is 21.1 Å². The quantitative estimate of drug-likeness (QED) is 0.374. The molecule has 1 atom stereocenters. The van der Waals surface area contributed by atoms with Crippen molar-refractivity contribution >= 4 is 40.4 Å². The van der Waals surface area contributed by atoms with Crippen LogP contribution in [0.2, 0.25) is 5.02 Å². The molecule has 0 unspecified atom stereocenters. The van der Waals surface area contributed by atoms with Crippen molar-refractivity contribution in [3.8, 4) is 5.75 Å². The Morgan fingerprint density at radius 1 is 1.25 bits per heavy atom. The number of ether oxygens (including phenoxy) is 2. The zero-order valence-electron chi connectivity index (χ0n) is 17.8. The smallest absolute Gasteiger partial charge is 0.295 e. The van der Waals surface area contributed by atoms with Crippen molar-refractivity contribution in [1.82, 2.24) is 9.80 Å². The Morgan fingerprint density at radius 2 is 2.03 bits per heavy atom. The monoisotopic (exact) mass is 476 g/mol. The van der Waals surface area contributed by atoms with Gasteiger partial charge in [0.15, 0.2) is 0 Å². The van der Waals surface area contributed by atoms with Gasteiger partial charge in [-0.05, 0) is 36.1 Å². The van der Waals surface area contributed by atoms with Gasteiger partial charge in [-0.25, -0.2) is 0 Å². The topological polar surface area (TPSA) is 79.3 Å². The van der Waals surface area contributed by atoms with E-state index in [1.165, 1.54) is 24.5 Å². The van der Waals surface area contributed by atoms with Crippen LogP contribution in [0.25, 0.3) is 5.76 Å². The van der Waals surface area contributed by atoms with Gasteiger partial charge < -0.3 is 19.5 Å². The molecule has 1 amide bonds. The van der Waals surface area contributed by atoms with Crippen LogP contribution < -0.4 is 4.74 Å². The molecule has 3 heterocycles. The highest BCUT2D eigenvalue weighted by molar-refractivity contribution is 7.10. The number of likely N-dealkylation sites (tertiary alicyclic amines) is 1. The fraction of sp³-hybridized carbons (Fsp3) is 0.391. The van der Waals surface area contributed by atoms with Gasteiger partial charge in [0, 0.05) is 36.6 Å². The lowest BCUT2D eigenvalue weighted by Crippen LogP contribution is -2.38. The Bertz CT molecular complexity index is 1020. The number of hydrogen-bond donors (Lipinski definition) is 1. The Hall–Kier alpha value is -2.39. The molecule has 1 N–H and O–H groups in total. The van der Waals surface area contributed by atoms with E-state index in [0.29, 0.717) is 36.1 Å². The first-order chi connectivity index (χ1) is 15.5. The minimum Gasteiger partial charge on any atom is -0.507 e. The van der Waals surface area contributed by atoms with E-state index in [2.05, 4.69) is 4.90 Å². The molecule has 0 radical (unpaired) electrons. The van der Waals surface area contributed by atoms with Crippen molar-refractivity contribution < 1.29 is 24.2 Å². The summed E-state index contributed by atoms with van der Waals surface area (Å²) in [4.78, 5) is 30.7. The maximum Gasteiger partial charge on any atom is 0.295 e. The van der Waals surface area contributed by atoms with Crippen LogP contribution in [0.3, 0.4) is 0 Å². The van der Waals surface area contributed by atoms with Crippen LogP contribution in [0.4, 0.5) is 0 Å². The summed E-state index contributed by atoms with van der Waals surface area (Å²) < 4.78 is 10.5. The van der Waals surface area contributed by atoms with Gasteiger partial charge in [0.2, 0.25) is 0 Å². The lowest BCUT2D eigenvalue weighted by Gasteiger charge is -2.28. The highest BCUT2D eigenvalue weighted by Crippen LogP contribution is 2.41. The predicted molar refractivity (Wildman–Crippen MR) is 123 cm³/mol. The van der Waals surface area contributed by atoms with Crippen molar-refractivity contribution in [3.63, 3.8) is 0 Å². The number of thiophene rings is 1. The van der Waals surface area contributed by atoms with Crippen LogP contribution in [0.1, 0.15) is 22.9 Å². The summed E-state index contributed by atoms with van der Waals surface area (Å²) in [5, 5.41) is 13.3. The molecule has 0 bridgehead atoms. The zero-order chi connectivity index (χ0) is 22.7. The molecule has 0 spiro atoms. The molecule has 2 fully saturated rings. The van der Waals surface area contributed by atoms with Gasteiger partial charge in [-0.1, -0.05) is 17.7 Å². The molecule has 2 aliphatic rings. The van der Waals surface area contributed by atoms with E-state index >= 15 is 0 Å². The van der Waals surface area contributed by atoms with Gasteiger partial charge in [0.25, 0.3) is 11.7 Å². The third-order valence-electron chi connectivity index (χ3n) is 5.75. The Balaban J connectivity index is 1.63. The first kappa shape index (κ1) is 22.8. The number of halogens is 1. The number of morpholine rings is 1. The number of carbonyl (C=O) groups excluding carboxylic acids is 2. The summed E-state index contributed by atoms with van der Waals surface area (Å²) in [6.45, 7) is 4.40. The van der Waals surface area contributed by atoms with E-state index < -0.39 is 17.7 Å². The van der Waals surface area contributed by atoms with Crippen LogP contribution in [0.5, 0.6) is 5.75 Å². The fourth-order valence-electron chi connectivity index (χ4n) is 4.11. The average Bonchev–Trinajstić information content (AvgIpc) is 3.42. The summed E-state index contributed by atoms with van der Waals surface area (Å²) >= 11 is 7.67. The molecule has 0 saturated carbocycles. The molecule has 32 heavy (non-hydrogen) atoms. The van der Waals surface area contributed by atoms with Crippen LogP contribution >= 0.6 is 22.9 Å². The van der Waals surface area contributed by atoms with Crippen molar-refractivity contribution in [2.45, 2.75) is 12.5 Å². The normalized spacial score (nSPS) is 21.3. The number of aliphatic hydroxyl groups excluding tert-OH is 1. The fourth-order valence-corrected chi connectivity index (χ4v) is 5.21. The van der Waals surface area contributed by atoms with Gasteiger partial charge >= 0.3 is 0 Å². The number of aliphatic hydroxyl groups is 1. The molecule has 2 saturated heterocycles. The molecular weight excluding hydrogens is 452 g/mol. The Kier molecular flexibility index (Phi) is 7.15. The number of methoxy groups -OCH3 is 1. The van der Waals surface area contributed by atoms with Gasteiger partial charge in [0.05, 0.1) is 37.0 Å². The van der Waals surface area contributed by atoms with Crippen molar-refractivity contribution in [2.24, 2.45) is 0 Å². The van der Waals surface area contributed by atoms with Gasteiger partial charge in [-0.15, -0.1) is 11.3 Å². The standard InChI is InChI=1S/C23H25ClN2O5S/c1-30-17-6-5-15(14-16(17)24)21(27)19-20(18-4-2-13-32-18)26(23(29)22(19)28)8-3-7-25-9-11-31-12-10-25/h2,4-6,13-14,20,27H,3,7-12H2,1H3/t20-/m1/s1. The zero-order valence-corrected chi connectivity index (χ0v) is 19.3. The van der Waals surface area contributed by atoms with Crippen LogP contribution in [-0.4, -0.2) is 73.1 Å². The highest BCUT2D eigenvalue weighted by atomic mass is 35.5. The summed E-state index contributed by atoms with van der Waals surface area (Å²) in [5.41, 5.74) is 0.453. The van der Waals surface area contributed by atoms with Crippen LogP contribution in [0.15, 0.2) is 41.3 Å². The molecule has 9 heteroatoms. The molecule has 7 nitrogen and oxygen atoms in total. The lowest BCUT2D eigenvalue weighted by atomic mass is 9.99. The van der Waals surface area contributed by atoms with Crippen LogP contribution in [-0.2, 0) is 14.3 Å². The number of ketones is 1. The van der Waals surface area contributed by atoms with E-state index in [1.54, 1.807) is 17.0 Å². The van der Waals surface area contributed by atoms with Gasteiger partial charge in [-0.3, -0.25) is 14.5 Å². The summed E-state index contributed by atoms with van der Waals surface area (Å²) in [6, 6.07) is 7.91. The number of rotatable bonds is 7. The van der Waals surface area contributed by atoms with E-state index in [9.17, 15) is 14.7 Å².